The lowest BCUT2D eigenvalue weighted by molar-refractivity contribution is -0.142. The second-order valence-electron chi connectivity index (χ2n) is 6.13. The van der Waals surface area contributed by atoms with E-state index in [-0.39, 0.29) is 17.9 Å². The van der Waals surface area contributed by atoms with Gasteiger partial charge in [-0.15, -0.1) is 0 Å². The standard InChI is InChI=1S/C21H21NO4/c1-4-25-20(23)17-18(22-16-11-10-13(2)14(3)12-16)21(24)26-19(17)15-8-6-5-7-9-15/h5-12,19,22H,4H2,1-3H3. The topological polar surface area (TPSA) is 64.6 Å². The minimum absolute atomic E-state index is 0.126. The Bertz CT molecular complexity index is 871. The van der Waals surface area contributed by atoms with E-state index >= 15 is 0 Å². The lowest BCUT2D eigenvalue weighted by Gasteiger charge is -2.13. The molecule has 2 aromatic rings. The number of carbonyl (C=O) groups excluding carboxylic acids is 2. The van der Waals surface area contributed by atoms with Gasteiger partial charge in [-0.25, -0.2) is 9.59 Å². The molecule has 1 heterocycles. The van der Waals surface area contributed by atoms with Crippen LogP contribution in [0.4, 0.5) is 5.69 Å². The van der Waals surface area contributed by atoms with Gasteiger partial charge in [-0.1, -0.05) is 36.4 Å². The number of anilines is 1. The second-order valence-corrected chi connectivity index (χ2v) is 6.13. The van der Waals surface area contributed by atoms with Crippen molar-refractivity contribution in [1.29, 1.82) is 0 Å². The molecule has 0 aromatic heterocycles. The second kappa shape index (κ2) is 7.44. The summed E-state index contributed by atoms with van der Waals surface area (Å²) in [6, 6.07) is 14.9. The summed E-state index contributed by atoms with van der Waals surface area (Å²) in [7, 11) is 0. The van der Waals surface area contributed by atoms with Crippen molar-refractivity contribution < 1.29 is 19.1 Å². The molecule has 0 saturated heterocycles. The van der Waals surface area contributed by atoms with Gasteiger partial charge in [0.15, 0.2) is 6.10 Å². The van der Waals surface area contributed by atoms with Crippen molar-refractivity contribution in [3.05, 3.63) is 76.5 Å². The van der Waals surface area contributed by atoms with Crippen molar-refractivity contribution in [3.63, 3.8) is 0 Å². The van der Waals surface area contributed by atoms with Crippen LogP contribution in [-0.2, 0) is 19.1 Å². The predicted octanol–water partition coefficient (Wildman–Crippen LogP) is 3.83. The first kappa shape index (κ1) is 17.7. The molecule has 0 bridgehead atoms. The summed E-state index contributed by atoms with van der Waals surface area (Å²) >= 11 is 0. The lowest BCUT2D eigenvalue weighted by atomic mass is 10.0. The van der Waals surface area contributed by atoms with Crippen LogP contribution in [0.5, 0.6) is 0 Å². The molecule has 3 rings (SSSR count). The van der Waals surface area contributed by atoms with E-state index in [2.05, 4.69) is 5.32 Å². The van der Waals surface area contributed by atoms with Gasteiger partial charge in [0.25, 0.3) is 0 Å². The molecular weight excluding hydrogens is 330 g/mol. The van der Waals surface area contributed by atoms with Crippen LogP contribution in [0.15, 0.2) is 59.8 Å². The fourth-order valence-corrected chi connectivity index (χ4v) is 2.83. The zero-order valence-electron chi connectivity index (χ0n) is 15.0. The van der Waals surface area contributed by atoms with Gasteiger partial charge in [0, 0.05) is 5.69 Å². The highest BCUT2D eigenvalue weighted by atomic mass is 16.6. The van der Waals surface area contributed by atoms with E-state index in [1.54, 1.807) is 6.92 Å². The third kappa shape index (κ3) is 3.47. The van der Waals surface area contributed by atoms with E-state index in [1.807, 2.05) is 62.4 Å². The number of benzene rings is 2. The van der Waals surface area contributed by atoms with Gasteiger partial charge in [-0.2, -0.15) is 0 Å². The number of carbonyl (C=O) groups is 2. The first-order chi connectivity index (χ1) is 12.5. The largest absolute Gasteiger partial charge is 0.462 e. The fourth-order valence-electron chi connectivity index (χ4n) is 2.83. The van der Waals surface area contributed by atoms with Crippen molar-refractivity contribution in [1.82, 2.24) is 0 Å². The van der Waals surface area contributed by atoms with E-state index in [4.69, 9.17) is 9.47 Å². The Morgan fingerprint density at radius 2 is 1.85 bits per heavy atom. The molecule has 0 aliphatic carbocycles. The highest BCUT2D eigenvalue weighted by molar-refractivity contribution is 6.06. The number of hydrogen-bond donors (Lipinski definition) is 1. The van der Waals surface area contributed by atoms with Crippen LogP contribution in [0.25, 0.3) is 0 Å². The molecule has 1 atom stereocenters. The number of rotatable bonds is 5. The maximum Gasteiger partial charge on any atom is 0.356 e. The molecule has 2 aromatic carbocycles. The molecule has 1 aliphatic rings. The van der Waals surface area contributed by atoms with Crippen LogP contribution in [0.2, 0.25) is 0 Å². The summed E-state index contributed by atoms with van der Waals surface area (Å²) in [5.74, 6) is -1.13. The number of nitrogens with one attached hydrogen (secondary N) is 1. The molecule has 1 unspecified atom stereocenters. The summed E-state index contributed by atoms with van der Waals surface area (Å²) < 4.78 is 10.7. The third-order valence-electron chi connectivity index (χ3n) is 4.33. The lowest BCUT2D eigenvalue weighted by Crippen LogP contribution is -2.16. The molecule has 0 amide bonds. The molecule has 0 saturated carbocycles. The van der Waals surface area contributed by atoms with Gasteiger partial charge < -0.3 is 14.8 Å². The molecule has 0 spiro atoms. The average molecular weight is 351 g/mol. The van der Waals surface area contributed by atoms with Gasteiger partial charge in [0.05, 0.1) is 6.61 Å². The molecule has 0 radical (unpaired) electrons. The van der Waals surface area contributed by atoms with Crippen molar-refractivity contribution in [2.75, 3.05) is 11.9 Å². The van der Waals surface area contributed by atoms with Gasteiger partial charge in [0.2, 0.25) is 0 Å². The van der Waals surface area contributed by atoms with Gasteiger partial charge in [-0.3, -0.25) is 0 Å². The zero-order chi connectivity index (χ0) is 18.7. The normalized spacial score (nSPS) is 16.4. The SMILES string of the molecule is CCOC(=O)C1=C(Nc2ccc(C)c(C)c2)C(=O)OC1c1ccccc1. The molecule has 1 N–H and O–H groups in total. The van der Waals surface area contributed by atoms with Crippen molar-refractivity contribution in [2.45, 2.75) is 26.9 Å². The van der Waals surface area contributed by atoms with Crippen molar-refractivity contribution in [3.8, 4) is 0 Å². The van der Waals surface area contributed by atoms with E-state index in [0.717, 1.165) is 22.4 Å². The molecule has 26 heavy (non-hydrogen) atoms. The third-order valence-corrected chi connectivity index (χ3v) is 4.33. The molecule has 0 fully saturated rings. The van der Waals surface area contributed by atoms with E-state index in [9.17, 15) is 9.59 Å². The predicted molar refractivity (Wildman–Crippen MR) is 98.5 cm³/mol. The minimum Gasteiger partial charge on any atom is -0.462 e. The number of cyclic esters (lactones) is 1. The average Bonchev–Trinajstić information content (AvgIpc) is 2.96. The first-order valence-electron chi connectivity index (χ1n) is 8.52. The van der Waals surface area contributed by atoms with Crippen LogP contribution in [0.1, 0.15) is 29.7 Å². The summed E-state index contributed by atoms with van der Waals surface area (Å²) in [4.78, 5) is 25.0. The molecule has 134 valence electrons. The fraction of sp³-hybridized carbons (Fsp3) is 0.238. The monoisotopic (exact) mass is 351 g/mol. The maximum absolute atomic E-state index is 12.5. The highest BCUT2D eigenvalue weighted by Gasteiger charge is 2.40. The number of ether oxygens (including phenoxy) is 2. The van der Waals surface area contributed by atoms with Crippen molar-refractivity contribution >= 4 is 17.6 Å². The Hall–Kier alpha value is -3.08. The minimum atomic E-state index is -0.781. The van der Waals surface area contributed by atoms with E-state index in [1.165, 1.54) is 0 Å². The Labute approximate surface area is 152 Å². The Kier molecular flexibility index (Phi) is 5.07. The van der Waals surface area contributed by atoms with E-state index < -0.39 is 18.0 Å². The number of esters is 2. The first-order valence-corrected chi connectivity index (χ1v) is 8.52. The highest BCUT2D eigenvalue weighted by Crippen LogP contribution is 2.36. The summed E-state index contributed by atoms with van der Waals surface area (Å²) in [5.41, 5.74) is 3.99. The van der Waals surface area contributed by atoms with Gasteiger partial charge in [-0.05, 0) is 49.6 Å². The van der Waals surface area contributed by atoms with Gasteiger partial charge >= 0.3 is 11.9 Å². The van der Waals surface area contributed by atoms with Crippen LogP contribution in [-0.4, -0.2) is 18.5 Å². The summed E-state index contributed by atoms with van der Waals surface area (Å²) in [5, 5.41) is 3.05. The van der Waals surface area contributed by atoms with Crippen molar-refractivity contribution in [2.24, 2.45) is 0 Å². The Morgan fingerprint density at radius 1 is 1.12 bits per heavy atom. The van der Waals surface area contributed by atoms with Crippen LogP contribution >= 0.6 is 0 Å². The molecule has 5 heteroatoms. The molecule has 5 nitrogen and oxygen atoms in total. The quantitative estimate of drug-likeness (QED) is 0.830. The Balaban J connectivity index is 2.03. The molecular formula is C21H21NO4. The smallest absolute Gasteiger partial charge is 0.356 e. The van der Waals surface area contributed by atoms with Gasteiger partial charge in [0.1, 0.15) is 11.3 Å². The summed E-state index contributed by atoms with van der Waals surface area (Å²) in [6.07, 6.45) is -0.781. The number of hydrogen-bond acceptors (Lipinski definition) is 5. The van der Waals surface area contributed by atoms with Crippen LogP contribution in [0, 0.1) is 13.8 Å². The van der Waals surface area contributed by atoms with Crippen LogP contribution < -0.4 is 5.32 Å². The maximum atomic E-state index is 12.5. The van der Waals surface area contributed by atoms with E-state index in [0.29, 0.717) is 0 Å². The number of aryl methyl sites for hydroxylation is 2. The zero-order valence-corrected chi connectivity index (χ0v) is 15.0. The molecule has 1 aliphatic heterocycles. The Morgan fingerprint density at radius 3 is 2.50 bits per heavy atom. The summed E-state index contributed by atoms with van der Waals surface area (Å²) in [6.45, 7) is 5.94. The van der Waals surface area contributed by atoms with Crippen LogP contribution in [0.3, 0.4) is 0 Å².